The third-order valence-corrected chi connectivity index (χ3v) is 5.31. The van der Waals surface area contributed by atoms with Gasteiger partial charge in [-0.25, -0.2) is 0 Å². The molecule has 23 heavy (non-hydrogen) atoms. The highest BCUT2D eigenvalue weighted by atomic mass is 32.1. The van der Waals surface area contributed by atoms with Crippen molar-refractivity contribution in [2.75, 3.05) is 19.8 Å². The van der Waals surface area contributed by atoms with Gasteiger partial charge in [-0.05, 0) is 42.0 Å². The summed E-state index contributed by atoms with van der Waals surface area (Å²) in [5, 5.41) is 2.02. The van der Waals surface area contributed by atoms with Crippen LogP contribution in [0.1, 0.15) is 29.3 Å². The first kappa shape index (κ1) is 14.6. The van der Waals surface area contributed by atoms with Crippen molar-refractivity contribution in [2.24, 2.45) is 0 Å². The second-order valence-electron chi connectivity index (χ2n) is 5.90. The summed E-state index contributed by atoms with van der Waals surface area (Å²) in [5.74, 6) is 1.81. The molecule has 0 N–H and O–H groups in total. The minimum Gasteiger partial charge on any atom is -0.486 e. The van der Waals surface area contributed by atoms with Gasteiger partial charge in [0.15, 0.2) is 11.5 Å². The molecule has 4 rings (SSSR count). The molecule has 4 nitrogen and oxygen atoms in total. The number of hydrogen-bond donors (Lipinski definition) is 0. The maximum Gasteiger partial charge on any atom is 0.228 e. The van der Waals surface area contributed by atoms with Crippen LogP contribution >= 0.6 is 11.3 Å². The Morgan fingerprint density at radius 3 is 2.91 bits per heavy atom. The molecule has 1 unspecified atom stereocenters. The molecule has 1 saturated heterocycles. The van der Waals surface area contributed by atoms with Crippen molar-refractivity contribution >= 4 is 17.2 Å². The van der Waals surface area contributed by atoms with Gasteiger partial charge in [0.25, 0.3) is 0 Å². The van der Waals surface area contributed by atoms with Crippen molar-refractivity contribution in [1.29, 1.82) is 0 Å². The van der Waals surface area contributed by atoms with Gasteiger partial charge in [-0.2, -0.15) is 0 Å². The first-order valence-electron chi connectivity index (χ1n) is 8.02. The first-order valence-corrected chi connectivity index (χ1v) is 8.90. The Bertz CT molecular complexity index is 698. The van der Waals surface area contributed by atoms with E-state index in [0.717, 1.165) is 41.3 Å². The number of benzene rings is 1. The summed E-state index contributed by atoms with van der Waals surface area (Å²) in [5.41, 5.74) is 1.14. The molecule has 2 aromatic rings. The molecular formula is C18H19NO3S. The Labute approximate surface area is 139 Å². The number of fused-ring (bicyclic) bond motifs is 1. The topological polar surface area (TPSA) is 38.8 Å². The molecule has 0 bridgehead atoms. The van der Waals surface area contributed by atoms with Crippen LogP contribution in [0.4, 0.5) is 0 Å². The lowest BCUT2D eigenvalue weighted by Gasteiger charge is -2.26. The number of thiophene rings is 1. The molecule has 1 aromatic carbocycles. The van der Waals surface area contributed by atoms with Gasteiger partial charge in [0.05, 0.1) is 12.5 Å². The molecule has 0 spiro atoms. The first-order chi connectivity index (χ1) is 11.3. The van der Waals surface area contributed by atoms with Crippen LogP contribution < -0.4 is 9.47 Å². The predicted octanol–water partition coefficient (Wildman–Crippen LogP) is 3.43. The largest absolute Gasteiger partial charge is 0.486 e. The summed E-state index contributed by atoms with van der Waals surface area (Å²) >= 11 is 1.64. The van der Waals surface area contributed by atoms with Crippen LogP contribution in [-0.4, -0.2) is 30.6 Å². The summed E-state index contributed by atoms with van der Waals surface area (Å²) in [6, 6.07) is 10.2. The second kappa shape index (κ2) is 6.24. The normalized spacial score (nSPS) is 19.8. The third-order valence-electron chi connectivity index (χ3n) is 4.43. The highest BCUT2D eigenvalue weighted by molar-refractivity contribution is 7.10. The van der Waals surface area contributed by atoms with Crippen LogP contribution in [0, 0.1) is 0 Å². The molecule has 5 heteroatoms. The minimum absolute atomic E-state index is 0.151. The molecule has 0 aliphatic carbocycles. The van der Waals surface area contributed by atoms with Gasteiger partial charge in [0.1, 0.15) is 13.2 Å². The summed E-state index contributed by atoms with van der Waals surface area (Å²) in [4.78, 5) is 15.8. The molecule has 2 aliphatic rings. The summed E-state index contributed by atoms with van der Waals surface area (Å²) in [6.45, 7) is 2.02. The van der Waals surface area contributed by atoms with Gasteiger partial charge in [0.2, 0.25) is 5.91 Å². The average Bonchev–Trinajstić information content (AvgIpc) is 3.25. The van der Waals surface area contributed by atoms with Crippen LogP contribution in [0.3, 0.4) is 0 Å². The summed E-state index contributed by atoms with van der Waals surface area (Å²) in [6.07, 6.45) is 2.56. The fraction of sp³-hybridized carbons (Fsp3) is 0.389. The Balaban J connectivity index is 1.54. The number of amides is 1. The maximum atomic E-state index is 12.7. The lowest BCUT2D eigenvalue weighted by Crippen LogP contribution is -2.31. The number of carbonyl (C=O) groups is 1. The zero-order valence-electron chi connectivity index (χ0n) is 12.9. The van der Waals surface area contributed by atoms with Crippen molar-refractivity contribution in [3.05, 3.63) is 46.2 Å². The van der Waals surface area contributed by atoms with Crippen LogP contribution in [0.2, 0.25) is 0 Å². The zero-order valence-corrected chi connectivity index (χ0v) is 13.7. The smallest absolute Gasteiger partial charge is 0.228 e. The fourth-order valence-corrected chi connectivity index (χ4v) is 4.04. The van der Waals surface area contributed by atoms with E-state index in [-0.39, 0.29) is 11.9 Å². The highest BCUT2D eigenvalue weighted by Gasteiger charge is 2.30. The average molecular weight is 329 g/mol. The Kier molecular flexibility index (Phi) is 3.95. The molecule has 3 heterocycles. The van der Waals surface area contributed by atoms with E-state index >= 15 is 0 Å². The number of carbonyl (C=O) groups excluding carboxylic acids is 1. The molecule has 1 amide bonds. The highest BCUT2D eigenvalue weighted by Crippen LogP contribution is 2.38. The van der Waals surface area contributed by atoms with Gasteiger partial charge >= 0.3 is 0 Å². The Morgan fingerprint density at radius 1 is 1.22 bits per heavy atom. The molecule has 0 radical (unpaired) electrons. The second-order valence-corrected chi connectivity index (χ2v) is 6.94. The molecule has 120 valence electrons. The van der Waals surface area contributed by atoms with Crippen LogP contribution in [-0.2, 0) is 11.2 Å². The van der Waals surface area contributed by atoms with Crippen LogP contribution in [0.15, 0.2) is 35.7 Å². The van der Waals surface area contributed by atoms with Crippen molar-refractivity contribution < 1.29 is 14.3 Å². The van der Waals surface area contributed by atoms with E-state index in [1.807, 2.05) is 34.5 Å². The number of likely N-dealkylation sites (tertiary alicyclic amines) is 1. The van der Waals surface area contributed by atoms with E-state index in [9.17, 15) is 4.79 Å². The number of nitrogens with zero attached hydrogens (tertiary/aromatic N) is 1. The minimum atomic E-state index is 0.151. The molecule has 0 saturated carbocycles. The van der Waals surface area contributed by atoms with Gasteiger partial charge in [-0.3, -0.25) is 4.79 Å². The van der Waals surface area contributed by atoms with E-state index in [1.165, 1.54) is 0 Å². The molecule has 1 fully saturated rings. The molecular weight excluding hydrogens is 310 g/mol. The lowest BCUT2D eigenvalue weighted by atomic mass is 10.0. The monoisotopic (exact) mass is 329 g/mol. The van der Waals surface area contributed by atoms with Crippen molar-refractivity contribution in [3.63, 3.8) is 0 Å². The molecule has 1 atom stereocenters. The zero-order chi connectivity index (χ0) is 15.6. The standard InChI is InChI=1S/C18H19NO3S/c20-18(12-14-3-2-10-23-14)19-7-1-4-15(19)13-5-6-16-17(11-13)22-9-8-21-16/h2-3,5-6,10-11,15H,1,4,7-9,12H2. The van der Waals surface area contributed by atoms with Crippen molar-refractivity contribution in [2.45, 2.75) is 25.3 Å². The molecule has 1 aromatic heterocycles. The van der Waals surface area contributed by atoms with E-state index in [2.05, 4.69) is 6.07 Å². The van der Waals surface area contributed by atoms with Gasteiger partial charge in [-0.15, -0.1) is 11.3 Å². The van der Waals surface area contributed by atoms with Crippen LogP contribution in [0.5, 0.6) is 11.5 Å². The van der Waals surface area contributed by atoms with Gasteiger partial charge in [0, 0.05) is 11.4 Å². The number of ether oxygens (including phenoxy) is 2. The Morgan fingerprint density at radius 2 is 2.09 bits per heavy atom. The van der Waals surface area contributed by atoms with E-state index < -0.39 is 0 Å². The van der Waals surface area contributed by atoms with E-state index in [0.29, 0.717) is 19.6 Å². The predicted molar refractivity (Wildman–Crippen MR) is 89.1 cm³/mol. The van der Waals surface area contributed by atoms with E-state index in [4.69, 9.17) is 9.47 Å². The summed E-state index contributed by atoms with van der Waals surface area (Å²) < 4.78 is 11.3. The fourth-order valence-electron chi connectivity index (χ4n) is 3.34. The van der Waals surface area contributed by atoms with Crippen LogP contribution in [0.25, 0.3) is 0 Å². The number of rotatable bonds is 3. The summed E-state index contributed by atoms with van der Waals surface area (Å²) in [7, 11) is 0. The molecule has 2 aliphatic heterocycles. The van der Waals surface area contributed by atoms with E-state index in [1.54, 1.807) is 11.3 Å². The quantitative estimate of drug-likeness (QED) is 0.866. The van der Waals surface area contributed by atoms with Crippen molar-refractivity contribution in [1.82, 2.24) is 4.90 Å². The number of hydrogen-bond acceptors (Lipinski definition) is 4. The van der Waals surface area contributed by atoms with Crippen molar-refractivity contribution in [3.8, 4) is 11.5 Å². The maximum absolute atomic E-state index is 12.7. The lowest BCUT2D eigenvalue weighted by molar-refractivity contribution is -0.131. The van der Waals surface area contributed by atoms with Gasteiger partial charge < -0.3 is 14.4 Å². The van der Waals surface area contributed by atoms with Gasteiger partial charge in [-0.1, -0.05) is 12.1 Å². The SMILES string of the molecule is O=C(Cc1cccs1)N1CCCC1c1ccc2c(c1)OCCO2. The third kappa shape index (κ3) is 2.93. The Hall–Kier alpha value is -2.01.